The van der Waals surface area contributed by atoms with Gasteiger partial charge in [-0.25, -0.2) is 12.8 Å². The van der Waals surface area contributed by atoms with Crippen LogP contribution in [0.25, 0.3) is 0 Å². The molecular formula is C13H11FN2O3S. The number of ketones is 1. The third-order valence-corrected chi connectivity index (χ3v) is 3.89. The van der Waals surface area contributed by atoms with E-state index < -0.39 is 15.8 Å². The van der Waals surface area contributed by atoms with E-state index in [4.69, 9.17) is 0 Å². The zero-order chi connectivity index (χ0) is 14.8. The Hall–Kier alpha value is -2.28. The number of sulfonamides is 1. The van der Waals surface area contributed by atoms with Gasteiger partial charge in [0.05, 0.1) is 23.0 Å². The molecule has 20 heavy (non-hydrogen) atoms. The predicted octanol–water partition coefficient (Wildman–Crippen LogP) is 2.22. The molecule has 2 rings (SSSR count). The van der Waals surface area contributed by atoms with Gasteiger partial charge in [-0.1, -0.05) is 12.1 Å². The summed E-state index contributed by atoms with van der Waals surface area (Å²) < 4.78 is 39.4. The average molecular weight is 294 g/mol. The second kappa shape index (κ2) is 5.38. The maximum atomic E-state index is 13.0. The lowest BCUT2D eigenvalue weighted by Gasteiger charge is -2.08. The van der Waals surface area contributed by atoms with E-state index in [9.17, 15) is 17.6 Å². The molecule has 0 bridgehead atoms. The van der Waals surface area contributed by atoms with Gasteiger partial charge in [0.1, 0.15) is 5.82 Å². The quantitative estimate of drug-likeness (QED) is 0.877. The first-order valence-corrected chi connectivity index (χ1v) is 7.11. The van der Waals surface area contributed by atoms with E-state index in [1.807, 2.05) is 0 Å². The van der Waals surface area contributed by atoms with E-state index in [1.165, 1.54) is 37.4 Å². The summed E-state index contributed by atoms with van der Waals surface area (Å²) in [5, 5.41) is 0. The predicted molar refractivity (Wildman–Crippen MR) is 71.5 cm³/mol. The summed E-state index contributed by atoms with van der Waals surface area (Å²) in [5.41, 5.74) is 0.295. The molecule has 2 aromatic rings. The summed E-state index contributed by atoms with van der Waals surface area (Å²) in [7, 11) is -3.89. The number of benzene rings is 1. The van der Waals surface area contributed by atoms with Crippen LogP contribution in [0.3, 0.4) is 0 Å². The van der Waals surface area contributed by atoms with Gasteiger partial charge in [-0.3, -0.25) is 14.5 Å². The number of pyridine rings is 1. The van der Waals surface area contributed by atoms with Gasteiger partial charge in [-0.15, -0.1) is 0 Å². The molecule has 0 aliphatic rings. The Morgan fingerprint density at radius 1 is 1.25 bits per heavy atom. The van der Waals surface area contributed by atoms with Crippen molar-refractivity contribution in [2.75, 3.05) is 4.72 Å². The van der Waals surface area contributed by atoms with Crippen LogP contribution in [0.5, 0.6) is 0 Å². The number of aromatic nitrogens is 1. The Bertz CT molecular complexity index is 760. The molecular weight excluding hydrogens is 283 g/mol. The van der Waals surface area contributed by atoms with Gasteiger partial charge in [0, 0.05) is 11.6 Å². The fraction of sp³-hybridized carbons (Fsp3) is 0.0769. The smallest absolute Gasteiger partial charge is 0.261 e. The highest BCUT2D eigenvalue weighted by molar-refractivity contribution is 7.92. The SMILES string of the molecule is CC(=O)c1cccc(S(=O)(=O)Nc2cncc(F)c2)c1. The summed E-state index contributed by atoms with van der Waals surface area (Å²) in [6, 6.07) is 6.61. The molecule has 1 N–H and O–H groups in total. The molecule has 1 aromatic carbocycles. The molecule has 104 valence electrons. The fourth-order valence-electron chi connectivity index (χ4n) is 1.56. The van der Waals surface area contributed by atoms with Gasteiger partial charge in [0.25, 0.3) is 10.0 Å². The summed E-state index contributed by atoms with van der Waals surface area (Å²) in [6.07, 6.45) is 2.16. The van der Waals surface area contributed by atoms with Crippen LogP contribution in [-0.4, -0.2) is 19.2 Å². The van der Waals surface area contributed by atoms with Crippen LogP contribution in [0.2, 0.25) is 0 Å². The molecule has 1 heterocycles. The van der Waals surface area contributed by atoms with Crippen LogP contribution in [0.15, 0.2) is 47.6 Å². The maximum absolute atomic E-state index is 13.0. The molecule has 1 aromatic heterocycles. The second-order valence-electron chi connectivity index (χ2n) is 4.08. The van der Waals surface area contributed by atoms with E-state index in [2.05, 4.69) is 9.71 Å². The Labute approximate surface area is 115 Å². The van der Waals surface area contributed by atoms with Gasteiger partial charge in [-0.2, -0.15) is 0 Å². The molecule has 0 unspecified atom stereocenters. The zero-order valence-corrected chi connectivity index (χ0v) is 11.3. The number of nitrogens with one attached hydrogen (secondary N) is 1. The zero-order valence-electron chi connectivity index (χ0n) is 10.5. The molecule has 0 aliphatic carbocycles. The van der Waals surface area contributed by atoms with Crippen LogP contribution < -0.4 is 4.72 Å². The summed E-state index contributed by atoms with van der Waals surface area (Å²) in [6.45, 7) is 1.34. The number of carbonyl (C=O) groups excluding carboxylic acids is 1. The highest BCUT2D eigenvalue weighted by atomic mass is 32.2. The number of carbonyl (C=O) groups is 1. The molecule has 0 atom stereocenters. The molecule has 7 heteroatoms. The molecule has 0 saturated heterocycles. The third kappa shape index (κ3) is 3.18. The number of hydrogen-bond donors (Lipinski definition) is 1. The van der Waals surface area contributed by atoms with Crippen LogP contribution >= 0.6 is 0 Å². The van der Waals surface area contributed by atoms with Gasteiger partial charge in [0.15, 0.2) is 5.78 Å². The monoisotopic (exact) mass is 294 g/mol. The third-order valence-electron chi connectivity index (χ3n) is 2.51. The van der Waals surface area contributed by atoms with Crippen molar-refractivity contribution in [3.63, 3.8) is 0 Å². The fourth-order valence-corrected chi connectivity index (χ4v) is 2.64. The minimum absolute atomic E-state index is 0.0122. The standard InChI is InChI=1S/C13H11FN2O3S/c1-9(17)10-3-2-4-13(5-10)20(18,19)16-12-6-11(14)7-15-8-12/h2-8,16H,1H3. The minimum atomic E-state index is -3.89. The Morgan fingerprint density at radius 3 is 2.65 bits per heavy atom. The molecule has 0 saturated carbocycles. The Balaban J connectivity index is 2.35. The number of nitrogens with zero attached hydrogens (tertiary/aromatic N) is 1. The van der Waals surface area contributed by atoms with Gasteiger partial charge < -0.3 is 0 Å². The van der Waals surface area contributed by atoms with Crippen LogP contribution in [0, 0.1) is 5.82 Å². The highest BCUT2D eigenvalue weighted by Crippen LogP contribution is 2.17. The van der Waals surface area contributed by atoms with E-state index in [-0.39, 0.29) is 21.9 Å². The van der Waals surface area contributed by atoms with E-state index >= 15 is 0 Å². The molecule has 0 aliphatic heterocycles. The molecule has 0 amide bonds. The van der Waals surface area contributed by atoms with Crippen molar-refractivity contribution < 1.29 is 17.6 Å². The molecule has 0 radical (unpaired) electrons. The first-order chi connectivity index (χ1) is 9.38. The van der Waals surface area contributed by atoms with E-state index in [0.29, 0.717) is 0 Å². The largest absolute Gasteiger partial charge is 0.295 e. The topological polar surface area (TPSA) is 76.1 Å². The lowest BCUT2D eigenvalue weighted by Crippen LogP contribution is -2.13. The lowest BCUT2D eigenvalue weighted by atomic mass is 10.2. The van der Waals surface area contributed by atoms with Crippen LogP contribution in [-0.2, 0) is 10.0 Å². The number of hydrogen-bond acceptors (Lipinski definition) is 4. The second-order valence-corrected chi connectivity index (χ2v) is 5.76. The lowest BCUT2D eigenvalue weighted by molar-refractivity contribution is 0.101. The molecule has 0 fully saturated rings. The normalized spacial score (nSPS) is 11.1. The van der Waals surface area contributed by atoms with Crippen molar-refractivity contribution >= 4 is 21.5 Å². The number of Topliss-reactive ketones (excluding diaryl/α,β-unsaturated/α-hetero) is 1. The first kappa shape index (κ1) is 14.1. The van der Waals surface area contributed by atoms with E-state index in [1.54, 1.807) is 0 Å². The Kier molecular flexibility index (Phi) is 3.80. The van der Waals surface area contributed by atoms with Gasteiger partial charge in [0.2, 0.25) is 0 Å². The number of rotatable bonds is 4. The van der Waals surface area contributed by atoms with Gasteiger partial charge >= 0.3 is 0 Å². The van der Waals surface area contributed by atoms with E-state index in [0.717, 1.165) is 12.3 Å². The van der Waals surface area contributed by atoms with Crippen molar-refractivity contribution in [3.8, 4) is 0 Å². The maximum Gasteiger partial charge on any atom is 0.261 e. The minimum Gasteiger partial charge on any atom is -0.295 e. The molecule has 5 nitrogen and oxygen atoms in total. The number of halogens is 1. The number of anilines is 1. The van der Waals surface area contributed by atoms with Crippen molar-refractivity contribution in [1.82, 2.24) is 4.98 Å². The van der Waals surface area contributed by atoms with Crippen LogP contribution in [0.4, 0.5) is 10.1 Å². The molecule has 0 spiro atoms. The van der Waals surface area contributed by atoms with Crippen molar-refractivity contribution in [2.45, 2.75) is 11.8 Å². The highest BCUT2D eigenvalue weighted by Gasteiger charge is 2.15. The average Bonchev–Trinajstić information content (AvgIpc) is 2.38. The Morgan fingerprint density at radius 2 is 2.00 bits per heavy atom. The first-order valence-electron chi connectivity index (χ1n) is 5.63. The van der Waals surface area contributed by atoms with Crippen molar-refractivity contribution in [3.05, 3.63) is 54.1 Å². The van der Waals surface area contributed by atoms with Crippen molar-refractivity contribution in [1.29, 1.82) is 0 Å². The van der Waals surface area contributed by atoms with Crippen molar-refractivity contribution in [2.24, 2.45) is 0 Å². The van der Waals surface area contributed by atoms with Gasteiger partial charge in [-0.05, 0) is 19.1 Å². The summed E-state index contributed by atoms with van der Waals surface area (Å²) in [4.78, 5) is 14.7. The summed E-state index contributed by atoms with van der Waals surface area (Å²) in [5.74, 6) is -0.892. The summed E-state index contributed by atoms with van der Waals surface area (Å²) >= 11 is 0. The van der Waals surface area contributed by atoms with Crippen LogP contribution in [0.1, 0.15) is 17.3 Å².